The van der Waals surface area contributed by atoms with Gasteiger partial charge in [-0.15, -0.1) is 0 Å². The van der Waals surface area contributed by atoms with E-state index < -0.39 is 0 Å². The molecule has 0 aliphatic rings. The molecule has 0 bridgehead atoms. The smallest absolute Gasteiger partial charge is 0 e. The van der Waals surface area contributed by atoms with E-state index in [0.29, 0.717) is 0 Å². The Morgan fingerprint density at radius 3 is 1.57 bits per heavy atom. The van der Waals surface area contributed by atoms with E-state index in [0.717, 1.165) is 0 Å². The molecule has 0 saturated carbocycles. The van der Waals surface area contributed by atoms with E-state index in [9.17, 15) is 0 Å². The topological polar surface area (TPSA) is 3.24 Å². The fraction of sp³-hybridized carbons (Fsp3) is 0. The molecule has 1 nitrogen and oxygen atoms in total. The minimum absolute atomic E-state index is 0. The minimum Gasteiger partial charge on any atom is 0 e. The van der Waals surface area contributed by atoms with Gasteiger partial charge in [-0.3, -0.25) is 0 Å². The van der Waals surface area contributed by atoms with E-state index in [1.807, 2.05) is 0 Å². The molecular weight excluding hydrogens is 374 g/mol. The zero-order chi connectivity index (χ0) is 4.28. The van der Waals surface area contributed by atoms with Gasteiger partial charge in [-0.1, -0.05) is 0 Å². The van der Waals surface area contributed by atoms with E-state index in [2.05, 4.69) is 18.6 Å². The predicted octanol–water partition coefficient (Wildman–Crippen LogP) is 0.0501. The van der Waals surface area contributed by atoms with Crippen LogP contribution in [0.3, 0.4) is 0 Å². The molecule has 0 rings (SSSR count). The summed E-state index contributed by atoms with van der Waals surface area (Å²) < 4.78 is 2.72. The minimum atomic E-state index is 0. The SMILES string of the molecule is [CH2-]N([CH2-])[C-]=[W].[V+2].[Y]. The quantitative estimate of drug-likeness (QED) is 0.461. The Kier molecular flexibility index (Phi) is 25.4. The van der Waals surface area contributed by atoms with Gasteiger partial charge < -0.3 is 0 Å². The maximum absolute atomic E-state index is 3.39. The predicted molar refractivity (Wildman–Crippen MR) is 17.6 cm³/mol. The summed E-state index contributed by atoms with van der Waals surface area (Å²) in [6.45, 7) is 0. The van der Waals surface area contributed by atoms with Crippen LogP contribution in [0.1, 0.15) is 0 Å². The molecule has 0 aromatic rings. The molecule has 0 saturated heterocycles. The van der Waals surface area contributed by atoms with Crippen molar-refractivity contribution in [3.8, 4) is 0 Å². The van der Waals surface area contributed by atoms with E-state index >= 15 is 0 Å². The Hall–Kier alpha value is 2.21. The van der Waals surface area contributed by atoms with Crippen molar-refractivity contribution in [2.75, 3.05) is 0 Å². The van der Waals surface area contributed by atoms with Gasteiger partial charge in [0.25, 0.3) is 0 Å². The molecule has 0 amide bonds. The first-order chi connectivity index (χ1) is 2.27. The molecular formula is C3H4NVWY-. The normalized spacial score (nSPS) is 6.14. The largest absolute Gasteiger partial charge is 2.00 e. The number of nitrogens with zero attached hydrogens (tertiary/aromatic N) is 1. The molecule has 0 N–H and O–H groups in total. The second-order valence-electron chi connectivity index (χ2n) is 0.631. The van der Waals surface area contributed by atoms with Gasteiger partial charge in [-0.25, -0.2) is 0 Å². The van der Waals surface area contributed by atoms with Crippen LogP contribution in [-0.4, -0.2) is 9.42 Å². The summed E-state index contributed by atoms with van der Waals surface area (Å²) in [6.07, 6.45) is 0. The fourth-order valence-electron chi connectivity index (χ4n) is 0. The standard InChI is InChI=1S/C3H4N.V.W.Y/c1-4(2)3;;;/h1-2H2;;;/q-3;+2;;. The van der Waals surface area contributed by atoms with Crippen molar-refractivity contribution in [3.63, 3.8) is 0 Å². The fourth-order valence-corrected chi connectivity index (χ4v) is 0. The van der Waals surface area contributed by atoms with Gasteiger partial charge in [0.1, 0.15) is 0 Å². The van der Waals surface area contributed by atoms with Gasteiger partial charge in [0.15, 0.2) is 0 Å². The molecule has 0 spiro atoms. The van der Waals surface area contributed by atoms with Gasteiger partial charge in [0, 0.05) is 32.7 Å². The van der Waals surface area contributed by atoms with Crippen molar-refractivity contribution in [3.05, 3.63) is 14.1 Å². The van der Waals surface area contributed by atoms with E-state index in [-0.39, 0.29) is 51.3 Å². The summed E-state index contributed by atoms with van der Waals surface area (Å²) >= 11 is 1.25. The van der Waals surface area contributed by atoms with Crippen LogP contribution in [-0.2, 0) is 70.6 Å². The second kappa shape index (κ2) is 11.1. The average Bonchev–Trinajstić information content (AvgIpc) is 1.38. The Bertz CT molecular complexity index is 41.9. The van der Waals surface area contributed by atoms with Crippen LogP contribution in [0.25, 0.3) is 0 Å². The van der Waals surface area contributed by atoms with E-state index in [1.165, 1.54) is 24.3 Å². The molecule has 4 heteroatoms. The molecule has 36 valence electrons. The van der Waals surface area contributed by atoms with Crippen molar-refractivity contribution in [2.45, 2.75) is 0 Å². The van der Waals surface area contributed by atoms with Crippen LogP contribution in [0.15, 0.2) is 0 Å². The summed E-state index contributed by atoms with van der Waals surface area (Å²) in [6, 6.07) is 0. The average molecular weight is 378 g/mol. The zero-order valence-electron chi connectivity index (χ0n) is 3.79. The second-order valence-corrected chi connectivity index (χ2v) is 1.29. The van der Waals surface area contributed by atoms with Crippen LogP contribution < -0.4 is 0 Å². The Labute approximate surface area is 92.8 Å². The maximum atomic E-state index is 3.39. The van der Waals surface area contributed by atoms with Crippen molar-refractivity contribution >= 4 is 4.52 Å². The van der Waals surface area contributed by atoms with Crippen LogP contribution in [0, 0.1) is 14.1 Å². The summed E-state index contributed by atoms with van der Waals surface area (Å²) in [5.74, 6) is 0. The number of hydrogen-bond acceptors (Lipinski definition) is 1. The first-order valence-corrected chi connectivity index (χ1v) is 2.53. The number of rotatable bonds is 1. The molecule has 2 radical (unpaired) electrons. The van der Waals surface area contributed by atoms with Crippen molar-refractivity contribution in [2.24, 2.45) is 0 Å². The molecule has 0 aliphatic carbocycles. The molecule has 0 unspecified atom stereocenters. The van der Waals surface area contributed by atoms with Gasteiger partial charge >= 0.3 is 61.4 Å². The first kappa shape index (κ1) is 16.1. The summed E-state index contributed by atoms with van der Waals surface area (Å²) in [5.41, 5.74) is 0. The van der Waals surface area contributed by atoms with Crippen LogP contribution in [0.4, 0.5) is 0 Å². The van der Waals surface area contributed by atoms with Crippen molar-refractivity contribution in [1.82, 2.24) is 4.90 Å². The summed E-state index contributed by atoms with van der Waals surface area (Å²) in [4.78, 5) is 1.41. The molecule has 0 fully saturated rings. The van der Waals surface area contributed by atoms with Gasteiger partial charge in [0.2, 0.25) is 0 Å². The number of hydrogen-bond donors (Lipinski definition) is 0. The maximum Gasteiger partial charge on any atom is 2.00 e. The van der Waals surface area contributed by atoms with Crippen molar-refractivity contribution < 1.29 is 70.6 Å². The van der Waals surface area contributed by atoms with Gasteiger partial charge in [-0.05, 0) is 0 Å². The van der Waals surface area contributed by atoms with Crippen LogP contribution >= 0.6 is 0 Å². The first-order valence-electron chi connectivity index (χ1n) is 1.06. The van der Waals surface area contributed by atoms with E-state index in [4.69, 9.17) is 0 Å². The zero-order valence-corrected chi connectivity index (χ0v) is 11.0. The molecule has 7 heavy (non-hydrogen) atoms. The monoisotopic (exact) mass is 378 g/mol. The third kappa shape index (κ3) is 17.9. The summed E-state index contributed by atoms with van der Waals surface area (Å²) in [7, 11) is 6.78. The molecule has 0 aromatic carbocycles. The van der Waals surface area contributed by atoms with Crippen LogP contribution in [0.2, 0.25) is 0 Å². The molecule has 0 heterocycles. The van der Waals surface area contributed by atoms with E-state index in [1.54, 1.807) is 0 Å². The molecule has 0 atom stereocenters. The Morgan fingerprint density at radius 1 is 1.43 bits per heavy atom. The third-order valence-corrected chi connectivity index (χ3v) is 1.06. The Balaban J connectivity index is -0.0000000800. The van der Waals surface area contributed by atoms with Gasteiger partial charge in [0.05, 0.1) is 0 Å². The molecule has 0 aromatic heterocycles. The Morgan fingerprint density at radius 2 is 1.57 bits per heavy atom. The third-order valence-electron chi connectivity index (χ3n) is 0.129. The molecule has 0 aliphatic heterocycles. The van der Waals surface area contributed by atoms with Gasteiger partial charge in [-0.2, -0.15) is 0 Å². The summed E-state index contributed by atoms with van der Waals surface area (Å²) in [5, 5.41) is 0. The van der Waals surface area contributed by atoms with Crippen LogP contribution in [0.5, 0.6) is 0 Å². The van der Waals surface area contributed by atoms with Crippen molar-refractivity contribution in [1.29, 1.82) is 0 Å².